The van der Waals surface area contributed by atoms with Crippen LogP contribution in [0, 0.1) is 0 Å². The van der Waals surface area contributed by atoms with Gasteiger partial charge < -0.3 is 4.52 Å². The van der Waals surface area contributed by atoms with Gasteiger partial charge in [0.25, 0.3) is 5.89 Å². The maximum absolute atomic E-state index is 10.4. The Bertz CT molecular complexity index is 324. The molecule has 0 radical (unpaired) electrons. The normalized spacial score (nSPS) is 23.6. The molecule has 0 saturated carbocycles. The van der Waals surface area contributed by atoms with Crippen LogP contribution in [0.3, 0.4) is 0 Å². The van der Waals surface area contributed by atoms with Crippen LogP contribution in [0.25, 0.3) is 0 Å². The predicted molar refractivity (Wildman–Crippen MR) is 48.9 cm³/mol. The van der Waals surface area contributed by atoms with Crippen molar-refractivity contribution < 1.29 is 9.32 Å². The number of carbonyl (C=O) groups excluding carboxylic acids is 1. The van der Waals surface area contributed by atoms with Gasteiger partial charge in [-0.3, -0.25) is 9.69 Å². The lowest BCUT2D eigenvalue weighted by Crippen LogP contribution is -2.30. The van der Waals surface area contributed by atoms with Crippen LogP contribution in [0.4, 0.5) is 0 Å². The van der Waals surface area contributed by atoms with E-state index in [1.165, 1.54) is 12.8 Å². The first-order chi connectivity index (χ1) is 6.81. The van der Waals surface area contributed by atoms with E-state index in [-0.39, 0.29) is 11.9 Å². The summed E-state index contributed by atoms with van der Waals surface area (Å²) in [5.41, 5.74) is 0. The lowest BCUT2D eigenvalue weighted by molar-refractivity contribution is 0.108. The van der Waals surface area contributed by atoms with E-state index in [4.69, 9.17) is 4.52 Å². The highest BCUT2D eigenvalue weighted by Gasteiger charge is 2.24. The van der Waals surface area contributed by atoms with Crippen LogP contribution in [-0.4, -0.2) is 34.9 Å². The van der Waals surface area contributed by atoms with Crippen LogP contribution in [-0.2, 0) is 0 Å². The first-order valence-electron chi connectivity index (χ1n) is 4.80. The number of likely N-dealkylation sites (tertiary alicyclic amines) is 1. The Kier molecular flexibility index (Phi) is 2.58. The standard InChI is InChI=1S/C9H13N3O2/c1-12-5-3-2-4-7(12)9-10-8(6-13)14-11-9/h6-7H,2-5H2,1H3. The quantitative estimate of drug-likeness (QED) is 0.660. The average molecular weight is 195 g/mol. The molecular weight excluding hydrogens is 182 g/mol. The molecule has 1 aliphatic rings. The second-order valence-electron chi connectivity index (χ2n) is 3.60. The highest BCUT2D eigenvalue weighted by Crippen LogP contribution is 2.26. The fraction of sp³-hybridized carbons (Fsp3) is 0.667. The van der Waals surface area contributed by atoms with Crippen molar-refractivity contribution in [1.29, 1.82) is 0 Å². The average Bonchev–Trinajstić information content (AvgIpc) is 2.67. The van der Waals surface area contributed by atoms with E-state index in [0.717, 1.165) is 13.0 Å². The molecule has 14 heavy (non-hydrogen) atoms. The maximum atomic E-state index is 10.4. The minimum absolute atomic E-state index is 0.0685. The minimum atomic E-state index is 0.0685. The van der Waals surface area contributed by atoms with Crippen molar-refractivity contribution in [2.75, 3.05) is 13.6 Å². The third-order valence-electron chi connectivity index (χ3n) is 2.63. The van der Waals surface area contributed by atoms with Crippen LogP contribution >= 0.6 is 0 Å². The SMILES string of the molecule is CN1CCCCC1c1noc(C=O)n1. The van der Waals surface area contributed by atoms with Crippen LogP contribution in [0.5, 0.6) is 0 Å². The molecule has 0 aliphatic carbocycles. The largest absolute Gasteiger partial charge is 0.331 e. The summed E-state index contributed by atoms with van der Waals surface area (Å²) in [4.78, 5) is 16.6. The Morgan fingerprint density at radius 1 is 1.57 bits per heavy atom. The molecule has 5 heteroatoms. The molecule has 0 N–H and O–H groups in total. The number of nitrogens with zero attached hydrogens (tertiary/aromatic N) is 3. The van der Waals surface area contributed by atoms with E-state index in [0.29, 0.717) is 12.1 Å². The highest BCUT2D eigenvalue weighted by molar-refractivity contribution is 5.66. The summed E-state index contributed by atoms with van der Waals surface area (Å²) in [6.45, 7) is 1.05. The molecule has 0 aromatic carbocycles. The number of aromatic nitrogens is 2. The Balaban J connectivity index is 2.16. The number of carbonyl (C=O) groups is 1. The summed E-state index contributed by atoms with van der Waals surface area (Å²) in [5.74, 6) is 0.702. The molecule has 0 bridgehead atoms. The number of piperidine rings is 1. The molecule has 1 saturated heterocycles. The van der Waals surface area contributed by atoms with E-state index in [9.17, 15) is 4.79 Å². The molecule has 2 heterocycles. The zero-order valence-corrected chi connectivity index (χ0v) is 8.14. The van der Waals surface area contributed by atoms with Crippen LogP contribution in [0.1, 0.15) is 41.8 Å². The fourth-order valence-electron chi connectivity index (χ4n) is 1.83. The van der Waals surface area contributed by atoms with Gasteiger partial charge in [-0.1, -0.05) is 11.6 Å². The Morgan fingerprint density at radius 3 is 3.07 bits per heavy atom. The molecular formula is C9H13N3O2. The first-order valence-corrected chi connectivity index (χ1v) is 4.80. The summed E-state index contributed by atoms with van der Waals surface area (Å²) in [6.07, 6.45) is 4.01. The zero-order chi connectivity index (χ0) is 9.97. The summed E-state index contributed by atoms with van der Waals surface area (Å²) in [5, 5.41) is 3.80. The van der Waals surface area contributed by atoms with Gasteiger partial charge in [0.2, 0.25) is 6.29 Å². The zero-order valence-electron chi connectivity index (χ0n) is 8.14. The van der Waals surface area contributed by atoms with Crippen molar-refractivity contribution in [2.45, 2.75) is 25.3 Å². The van der Waals surface area contributed by atoms with E-state index < -0.39 is 0 Å². The monoisotopic (exact) mass is 195 g/mol. The van der Waals surface area contributed by atoms with Crippen molar-refractivity contribution in [3.8, 4) is 0 Å². The van der Waals surface area contributed by atoms with Crippen molar-refractivity contribution in [3.05, 3.63) is 11.7 Å². The molecule has 1 atom stereocenters. The molecule has 1 aromatic rings. The number of hydrogen-bond acceptors (Lipinski definition) is 5. The van der Waals surface area contributed by atoms with E-state index >= 15 is 0 Å². The molecule has 2 rings (SSSR count). The summed E-state index contributed by atoms with van der Waals surface area (Å²) in [7, 11) is 2.04. The van der Waals surface area contributed by atoms with Gasteiger partial charge in [-0.05, 0) is 26.4 Å². The number of aldehydes is 1. The van der Waals surface area contributed by atoms with Gasteiger partial charge >= 0.3 is 0 Å². The Hall–Kier alpha value is -1.23. The maximum Gasteiger partial charge on any atom is 0.290 e. The van der Waals surface area contributed by atoms with Crippen molar-refractivity contribution in [1.82, 2.24) is 15.0 Å². The molecule has 5 nitrogen and oxygen atoms in total. The van der Waals surface area contributed by atoms with E-state index in [2.05, 4.69) is 15.0 Å². The predicted octanol–water partition coefficient (Wildman–Crippen LogP) is 1.04. The van der Waals surface area contributed by atoms with Gasteiger partial charge in [0.05, 0.1) is 6.04 Å². The van der Waals surface area contributed by atoms with E-state index in [1.807, 2.05) is 7.05 Å². The Morgan fingerprint density at radius 2 is 2.43 bits per heavy atom. The smallest absolute Gasteiger partial charge is 0.290 e. The Labute approximate surface area is 82.1 Å². The first kappa shape index (κ1) is 9.33. The topological polar surface area (TPSA) is 59.2 Å². The molecule has 1 unspecified atom stereocenters. The third kappa shape index (κ3) is 1.68. The molecule has 1 fully saturated rings. The summed E-state index contributed by atoms with van der Waals surface area (Å²) >= 11 is 0. The van der Waals surface area contributed by atoms with Gasteiger partial charge in [0.1, 0.15) is 0 Å². The number of hydrogen-bond donors (Lipinski definition) is 0. The molecule has 76 valence electrons. The summed E-state index contributed by atoms with van der Waals surface area (Å²) in [6, 6.07) is 0.209. The molecule has 1 aromatic heterocycles. The lowest BCUT2D eigenvalue weighted by Gasteiger charge is -2.29. The van der Waals surface area contributed by atoms with Crippen LogP contribution < -0.4 is 0 Å². The van der Waals surface area contributed by atoms with Crippen molar-refractivity contribution >= 4 is 6.29 Å². The molecule has 0 spiro atoms. The van der Waals surface area contributed by atoms with Crippen LogP contribution in [0.15, 0.2) is 4.52 Å². The lowest BCUT2D eigenvalue weighted by atomic mass is 10.0. The van der Waals surface area contributed by atoms with Gasteiger partial charge in [0, 0.05) is 0 Å². The van der Waals surface area contributed by atoms with Crippen molar-refractivity contribution in [2.24, 2.45) is 0 Å². The second kappa shape index (κ2) is 3.88. The van der Waals surface area contributed by atoms with Crippen LogP contribution in [0.2, 0.25) is 0 Å². The molecule has 1 aliphatic heterocycles. The van der Waals surface area contributed by atoms with Gasteiger partial charge in [-0.25, -0.2) is 0 Å². The fourth-order valence-corrected chi connectivity index (χ4v) is 1.83. The highest BCUT2D eigenvalue weighted by atomic mass is 16.5. The van der Waals surface area contributed by atoms with Gasteiger partial charge in [0.15, 0.2) is 5.82 Å². The third-order valence-corrected chi connectivity index (χ3v) is 2.63. The van der Waals surface area contributed by atoms with E-state index in [1.54, 1.807) is 0 Å². The van der Waals surface area contributed by atoms with Gasteiger partial charge in [-0.15, -0.1) is 0 Å². The minimum Gasteiger partial charge on any atom is -0.331 e. The second-order valence-corrected chi connectivity index (χ2v) is 3.60. The van der Waals surface area contributed by atoms with Gasteiger partial charge in [-0.2, -0.15) is 4.98 Å². The number of rotatable bonds is 2. The van der Waals surface area contributed by atoms with Crippen molar-refractivity contribution in [3.63, 3.8) is 0 Å². The summed E-state index contributed by atoms with van der Waals surface area (Å²) < 4.78 is 4.76. The molecule has 0 amide bonds.